The lowest BCUT2D eigenvalue weighted by Gasteiger charge is -2.61. The maximum absolute atomic E-state index is 6.29. The van der Waals surface area contributed by atoms with Gasteiger partial charge in [-0.15, -0.1) is 10.5 Å². The maximum Gasteiger partial charge on any atom is 0.111 e. The zero-order chi connectivity index (χ0) is 23.9. The van der Waals surface area contributed by atoms with Crippen LogP contribution in [0.4, 0.5) is 0 Å². The summed E-state index contributed by atoms with van der Waals surface area (Å²) in [7, 11) is 0. The number of hydrogen-bond acceptors (Lipinski definition) is 3. The molecule has 0 aromatic rings. The Bertz CT molecular complexity index is 777. The Morgan fingerprint density at radius 1 is 0.941 bits per heavy atom. The van der Waals surface area contributed by atoms with E-state index in [9.17, 15) is 0 Å². The normalized spacial score (nSPS) is 44.2. The fourth-order valence-corrected chi connectivity index (χ4v) is 9.87. The molecule has 0 amide bonds. The van der Waals surface area contributed by atoms with Crippen LogP contribution in [0.1, 0.15) is 112 Å². The van der Waals surface area contributed by atoms with Crippen molar-refractivity contribution in [1.82, 2.24) is 5.43 Å². The highest BCUT2D eigenvalue weighted by atomic mass is 16.5. The van der Waals surface area contributed by atoms with E-state index < -0.39 is 0 Å². The summed E-state index contributed by atoms with van der Waals surface area (Å²) in [5.74, 6) is 6.49. The highest BCUT2D eigenvalue weighted by Gasteiger charge is 2.60. The van der Waals surface area contributed by atoms with E-state index in [0.29, 0.717) is 23.5 Å². The first-order valence-corrected chi connectivity index (χ1v) is 14.7. The molecular weight excluding hydrogens is 418 g/mol. The van der Waals surface area contributed by atoms with Gasteiger partial charge in [0.1, 0.15) is 5.70 Å². The zero-order valence-electron chi connectivity index (χ0n) is 22.6. The largest absolute Gasteiger partial charge is 0.372 e. The third-order valence-electron chi connectivity index (χ3n) is 11.7. The van der Waals surface area contributed by atoms with Crippen LogP contribution in [0.2, 0.25) is 0 Å². The second kappa shape index (κ2) is 9.87. The van der Waals surface area contributed by atoms with Crippen LogP contribution in [0, 0.1) is 52.3 Å². The Morgan fingerprint density at radius 3 is 2.50 bits per heavy atom. The predicted molar refractivity (Wildman–Crippen MR) is 138 cm³/mol. The Balaban J connectivity index is 1.21. The molecule has 1 radical (unpaired) electrons. The van der Waals surface area contributed by atoms with Crippen molar-refractivity contribution in [2.45, 2.75) is 118 Å². The molecule has 0 aromatic carbocycles. The predicted octanol–water partition coefficient (Wildman–Crippen LogP) is 8.32. The molecule has 0 N–H and O–H groups in total. The van der Waals surface area contributed by atoms with Crippen LogP contribution in [-0.2, 0) is 4.74 Å². The molecule has 0 spiro atoms. The molecule has 1 aliphatic heterocycles. The summed E-state index contributed by atoms with van der Waals surface area (Å²) in [4.78, 5) is 0. The minimum Gasteiger partial charge on any atom is -0.372 e. The average Bonchev–Trinajstić information content (AvgIpc) is 3.44. The summed E-state index contributed by atoms with van der Waals surface area (Å²) >= 11 is 0. The van der Waals surface area contributed by atoms with Gasteiger partial charge < -0.3 is 4.74 Å². The van der Waals surface area contributed by atoms with E-state index in [1.807, 2.05) is 0 Å². The second-order valence-electron chi connectivity index (χ2n) is 13.8. The van der Waals surface area contributed by atoms with Crippen LogP contribution in [0.3, 0.4) is 0 Å². The van der Waals surface area contributed by atoms with Crippen LogP contribution >= 0.6 is 0 Å². The van der Waals surface area contributed by atoms with E-state index in [-0.39, 0.29) is 0 Å². The van der Waals surface area contributed by atoms with Gasteiger partial charge in [-0.05, 0) is 115 Å². The van der Waals surface area contributed by atoms with Crippen molar-refractivity contribution in [3.05, 3.63) is 11.9 Å². The van der Waals surface area contributed by atoms with Gasteiger partial charge in [-0.3, -0.25) is 0 Å². The molecule has 2 unspecified atom stereocenters. The van der Waals surface area contributed by atoms with E-state index in [1.165, 1.54) is 77.0 Å². The van der Waals surface area contributed by atoms with Crippen molar-refractivity contribution in [3.63, 3.8) is 0 Å². The van der Waals surface area contributed by atoms with Gasteiger partial charge in [0, 0.05) is 0 Å². The van der Waals surface area contributed by atoms with Crippen molar-refractivity contribution in [1.29, 1.82) is 0 Å². The van der Waals surface area contributed by atoms with Crippen LogP contribution in [0.25, 0.3) is 0 Å². The summed E-state index contributed by atoms with van der Waals surface area (Å²) < 4.78 is 6.29. The third-order valence-corrected chi connectivity index (χ3v) is 11.7. The lowest BCUT2D eigenvalue weighted by Crippen LogP contribution is -2.54. The van der Waals surface area contributed by atoms with Crippen molar-refractivity contribution in [3.8, 4) is 0 Å². The molecule has 0 bridgehead atoms. The quantitative estimate of drug-likeness (QED) is 0.353. The number of ether oxygens (including phenoxy) is 1. The molecule has 0 aromatic heterocycles. The van der Waals surface area contributed by atoms with Crippen LogP contribution in [-0.4, -0.2) is 12.7 Å². The van der Waals surface area contributed by atoms with Crippen molar-refractivity contribution < 1.29 is 4.74 Å². The monoisotopic (exact) mass is 468 g/mol. The first kappa shape index (κ1) is 24.8. The molecule has 4 aliphatic carbocycles. The van der Waals surface area contributed by atoms with Crippen molar-refractivity contribution >= 4 is 0 Å². The van der Waals surface area contributed by atoms with Crippen LogP contribution < -0.4 is 5.43 Å². The Morgan fingerprint density at radius 2 is 1.74 bits per heavy atom. The van der Waals surface area contributed by atoms with E-state index in [1.54, 1.807) is 6.20 Å². The van der Waals surface area contributed by atoms with Crippen molar-refractivity contribution in [2.75, 3.05) is 6.61 Å². The minimum atomic E-state index is 0.391. The maximum atomic E-state index is 6.29. The minimum absolute atomic E-state index is 0.391. The Hall–Kier alpha value is -0.900. The Kier molecular flexibility index (Phi) is 7.19. The van der Waals surface area contributed by atoms with E-state index in [4.69, 9.17) is 4.74 Å². The molecule has 4 heteroatoms. The second-order valence-corrected chi connectivity index (χ2v) is 13.8. The average molecular weight is 469 g/mol. The number of hydrogen-bond donors (Lipinski definition) is 0. The molecule has 4 nitrogen and oxygen atoms in total. The van der Waals surface area contributed by atoms with E-state index in [2.05, 4.69) is 50.4 Å². The summed E-state index contributed by atoms with van der Waals surface area (Å²) in [6.07, 6.45) is 19.1. The molecule has 0 saturated heterocycles. The van der Waals surface area contributed by atoms with E-state index >= 15 is 0 Å². The van der Waals surface area contributed by atoms with Crippen LogP contribution in [0.5, 0.6) is 0 Å². The fourth-order valence-electron chi connectivity index (χ4n) is 9.87. The van der Waals surface area contributed by atoms with Gasteiger partial charge in [0.15, 0.2) is 0 Å². The molecule has 9 atom stereocenters. The summed E-state index contributed by atoms with van der Waals surface area (Å²) in [6, 6.07) is 0. The van der Waals surface area contributed by atoms with Gasteiger partial charge >= 0.3 is 0 Å². The topological polar surface area (TPSA) is 48.0 Å². The number of rotatable bonds is 8. The van der Waals surface area contributed by atoms with Gasteiger partial charge in [-0.2, -0.15) is 0 Å². The molecule has 4 fully saturated rings. The first-order chi connectivity index (χ1) is 16.3. The lowest BCUT2D eigenvalue weighted by atomic mass is 9.44. The summed E-state index contributed by atoms with van der Waals surface area (Å²) in [5, 5.41) is 7.74. The standard InChI is InChI=1S/C30H50N3O/c1-20(2)7-6-8-21(3)26-11-12-27-25-10-9-22-17-24(34-19-23-18-31-33-32-23)13-15-29(22,4)28(25)14-16-30(26,27)5/h18,20-22,24-28H,6-17,19H2,1-5H3/t21-,22?,24?,25+,26-,27+,28+,29+,30-/m1/s1. The van der Waals surface area contributed by atoms with E-state index in [0.717, 1.165) is 47.1 Å². The SMILES string of the molecule is CC(C)CCC[C@@H](C)[C@H]1CC[C@H]2[C@@H]3CCC4CC(OCC5=C[N]N=N5)CC[C@]4(C)[C@H]3CC[C@]12C. The van der Waals surface area contributed by atoms with Crippen LogP contribution in [0.15, 0.2) is 22.2 Å². The van der Waals surface area contributed by atoms with Gasteiger partial charge in [-0.25, -0.2) is 0 Å². The van der Waals surface area contributed by atoms with Gasteiger partial charge in [0.25, 0.3) is 0 Å². The summed E-state index contributed by atoms with van der Waals surface area (Å²) in [6.45, 7) is 13.3. The molecule has 5 aliphatic rings. The highest BCUT2D eigenvalue weighted by Crippen LogP contribution is 2.68. The fraction of sp³-hybridized carbons (Fsp3) is 0.933. The highest BCUT2D eigenvalue weighted by molar-refractivity contribution is 5.10. The van der Waals surface area contributed by atoms with Gasteiger partial charge in [-0.1, -0.05) is 53.9 Å². The number of nitrogens with zero attached hydrogens (tertiary/aromatic N) is 3. The number of fused-ring (bicyclic) bond motifs is 5. The molecular formula is C30H50N3O. The molecule has 191 valence electrons. The molecule has 34 heavy (non-hydrogen) atoms. The zero-order valence-corrected chi connectivity index (χ0v) is 22.6. The Labute approximate surface area is 209 Å². The smallest absolute Gasteiger partial charge is 0.111 e. The molecule has 5 rings (SSSR count). The van der Waals surface area contributed by atoms with Gasteiger partial charge in [0.05, 0.1) is 18.9 Å². The summed E-state index contributed by atoms with van der Waals surface area (Å²) in [5.41, 5.74) is 5.85. The third kappa shape index (κ3) is 4.50. The van der Waals surface area contributed by atoms with Gasteiger partial charge in [0.2, 0.25) is 0 Å². The van der Waals surface area contributed by atoms with Crippen molar-refractivity contribution in [2.24, 2.45) is 62.6 Å². The molecule has 1 heterocycles. The molecule has 4 saturated carbocycles. The lowest BCUT2D eigenvalue weighted by molar-refractivity contribution is -0.135. The first-order valence-electron chi connectivity index (χ1n) is 14.7.